The molecule has 2 aromatic rings. The van der Waals surface area contributed by atoms with Crippen LogP contribution in [0, 0.1) is 0 Å². The monoisotopic (exact) mass is 296 g/mol. The number of rotatable bonds is 6. The highest BCUT2D eigenvalue weighted by Gasteiger charge is 2.34. The Balaban J connectivity index is 2.14. The van der Waals surface area contributed by atoms with Crippen LogP contribution in [-0.4, -0.2) is 60.6 Å². The molecule has 0 bridgehead atoms. The first-order valence-electron chi connectivity index (χ1n) is 6.26. The van der Waals surface area contributed by atoms with Crippen molar-refractivity contribution >= 4 is 0 Å². The van der Waals surface area contributed by atoms with E-state index in [1.54, 1.807) is 24.3 Å². The van der Waals surface area contributed by atoms with Crippen LogP contribution in [0.25, 0.3) is 11.5 Å². The predicted molar refractivity (Wildman–Crippen MR) is 69.8 cm³/mol. The number of aliphatic hydroxyl groups is 5. The summed E-state index contributed by atoms with van der Waals surface area (Å²) in [5, 5.41) is 54.4. The SMILES string of the molecule is OC[C@@H](O)[C@H](O)[C@H](O)[C@@H](O)c1nnc(-c2ccccc2)o1. The number of benzene rings is 1. The molecule has 0 amide bonds. The number of hydrogen-bond acceptors (Lipinski definition) is 8. The zero-order valence-electron chi connectivity index (χ0n) is 10.9. The molecule has 21 heavy (non-hydrogen) atoms. The van der Waals surface area contributed by atoms with Crippen molar-refractivity contribution in [3.05, 3.63) is 36.2 Å². The van der Waals surface area contributed by atoms with E-state index in [4.69, 9.17) is 9.52 Å². The molecule has 0 aliphatic rings. The zero-order valence-corrected chi connectivity index (χ0v) is 10.9. The Kier molecular flexibility index (Phi) is 4.99. The van der Waals surface area contributed by atoms with Crippen molar-refractivity contribution in [2.45, 2.75) is 24.4 Å². The Morgan fingerprint density at radius 1 is 0.952 bits per heavy atom. The van der Waals surface area contributed by atoms with Gasteiger partial charge in [-0.05, 0) is 12.1 Å². The van der Waals surface area contributed by atoms with E-state index >= 15 is 0 Å². The fraction of sp³-hybridized carbons (Fsp3) is 0.385. The molecule has 0 spiro atoms. The second kappa shape index (κ2) is 6.74. The van der Waals surface area contributed by atoms with E-state index in [-0.39, 0.29) is 11.8 Å². The summed E-state index contributed by atoms with van der Waals surface area (Å²) in [7, 11) is 0. The lowest BCUT2D eigenvalue weighted by molar-refractivity contribution is -0.121. The summed E-state index contributed by atoms with van der Waals surface area (Å²) >= 11 is 0. The van der Waals surface area contributed by atoms with E-state index in [1.165, 1.54) is 0 Å². The lowest BCUT2D eigenvalue weighted by Gasteiger charge is -2.23. The van der Waals surface area contributed by atoms with E-state index < -0.39 is 31.0 Å². The minimum atomic E-state index is -1.78. The predicted octanol–water partition coefficient (Wildman–Crippen LogP) is -1.16. The maximum atomic E-state index is 9.87. The van der Waals surface area contributed by atoms with E-state index in [2.05, 4.69) is 10.2 Å². The van der Waals surface area contributed by atoms with E-state index in [1.807, 2.05) is 6.07 Å². The number of aromatic nitrogens is 2. The average Bonchev–Trinajstić information content (AvgIpc) is 3.02. The lowest BCUT2D eigenvalue weighted by Crippen LogP contribution is -2.42. The smallest absolute Gasteiger partial charge is 0.248 e. The Bertz CT molecular complexity index is 561. The second-order valence-corrected chi connectivity index (χ2v) is 4.49. The maximum Gasteiger partial charge on any atom is 0.248 e. The van der Waals surface area contributed by atoms with E-state index in [0.717, 1.165) is 0 Å². The first kappa shape index (κ1) is 15.5. The second-order valence-electron chi connectivity index (χ2n) is 4.49. The molecular weight excluding hydrogens is 280 g/mol. The fourth-order valence-corrected chi connectivity index (χ4v) is 1.72. The Labute approximate surface area is 119 Å². The van der Waals surface area contributed by atoms with Gasteiger partial charge in [0.15, 0.2) is 6.10 Å². The molecule has 0 fully saturated rings. The molecule has 1 heterocycles. The highest BCUT2D eigenvalue weighted by atomic mass is 16.4. The van der Waals surface area contributed by atoms with Crippen LogP contribution in [0.5, 0.6) is 0 Å². The van der Waals surface area contributed by atoms with Crippen LogP contribution in [0.1, 0.15) is 12.0 Å². The number of hydrogen-bond donors (Lipinski definition) is 5. The highest BCUT2D eigenvalue weighted by molar-refractivity contribution is 5.51. The molecule has 0 unspecified atom stereocenters. The minimum absolute atomic E-state index is 0.147. The summed E-state index contributed by atoms with van der Waals surface area (Å²) in [6, 6.07) is 8.80. The van der Waals surface area contributed by atoms with Crippen molar-refractivity contribution in [1.82, 2.24) is 10.2 Å². The van der Waals surface area contributed by atoms with Gasteiger partial charge >= 0.3 is 0 Å². The zero-order chi connectivity index (χ0) is 15.4. The van der Waals surface area contributed by atoms with Gasteiger partial charge in [-0.1, -0.05) is 18.2 Å². The third-order valence-corrected chi connectivity index (χ3v) is 2.97. The van der Waals surface area contributed by atoms with Gasteiger partial charge in [-0.2, -0.15) is 0 Å². The molecule has 1 aromatic carbocycles. The first-order valence-corrected chi connectivity index (χ1v) is 6.26. The Morgan fingerprint density at radius 3 is 2.24 bits per heavy atom. The molecule has 2 rings (SSSR count). The van der Waals surface area contributed by atoms with Crippen LogP contribution in [0.15, 0.2) is 34.7 Å². The summed E-state index contributed by atoms with van der Waals surface area (Å²) < 4.78 is 5.23. The molecule has 114 valence electrons. The molecule has 0 aliphatic heterocycles. The van der Waals surface area contributed by atoms with Crippen LogP contribution in [0.3, 0.4) is 0 Å². The maximum absolute atomic E-state index is 9.87. The topological polar surface area (TPSA) is 140 Å². The largest absolute Gasteiger partial charge is 0.418 e. The highest BCUT2D eigenvalue weighted by Crippen LogP contribution is 2.23. The first-order chi connectivity index (χ1) is 10.0. The van der Waals surface area contributed by atoms with Gasteiger partial charge in [0.05, 0.1) is 6.61 Å². The van der Waals surface area contributed by atoms with Crippen molar-refractivity contribution in [3.63, 3.8) is 0 Å². The Morgan fingerprint density at radius 2 is 1.62 bits per heavy atom. The third kappa shape index (κ3) is 3.43. The normalized spacial score (nSPS) is 17.2. The average molecular weight is 296 g/mol. The molecule has 0 saturated carbocycles. The molecule has 1 aromatic heterocycles. The van der Waals surface area contributed by atoms with Crippen molar-refractivity contribution in [1.29, 1.82) is 0 Å². The van der Waals surface area contributed by atoms with Gasteiger partial charge in [0.25, 0.3) is 0 Å². The van der Waals surface area contributed by atoms with Crippen LogP contribution < -0.4 is 0 Å². The van der Waals surface area contributed by atoms with Crippen LogP contribution >= 0.6 is 0 Å². The van der Waals surface area contributed by atoms with Crippen LogP contribution in [0.4, 0.5) is 0 Å². The molecule has 0 radical (unpaired) electrons. The minimum Gasteiger partial charge on any atom is -0.418 e. The van der Waals surface area contributed by atoms with Crippen molar-refractivity contribution in [2.24, 2.45) is 0 Å². The van der Waals surface area contributed by atoms with Gasteiger partial charge in [0.1, 0.15) is 18.3 Å². The lowest BCUT2D eigenvalue weighted by atomic mass is 10.0. The molecule has 8 heteroatoms. The van der Waals surface area contributed by atoms with Gasteiger partial charge < -0.3 is 29.9 Å². The molecule has 4 atom stereocenters. The summed E-state index contributed by atoms with van der Waals surface area (Å²) in [6.07, 6.45) is -6.81. The molecule has 0 aliphatic carbocycles. The Hall–Kier alpha value is -1.84. The van der Waals surface area contributed by atoms with Crippen molar-refractivity contribution < 1.29 is 29.9 Å². The fourth-order valence-electron chi connectivity index (χ4n) is 1.72. The molecule has 5 N–H and O–H groups in total. The standard InChI is InChI=1S/C13H16N2O6/c16-6-8(17)9(18)10(19)11(20)13-15-14-12(21-13)7-4-2-1-3-5-7/h1-5,8-11,16-20H,6H2/t8-,9+,10+,11-/m1/s1. The van der Waals surface area contributed by atoms with Crippen LogP contribution in [-0.2, 0) is 0 Å². The van der Waals surface area contributed by atoms with Gasteiger partial charge in [-0.3, -0.25) is 0 Å². The number of aliphatic hydroxyl groups excluding tert-OH is 5. The molecule has 8 nitrogen and oxygen atoms in total. The summed E-state index contributed by atoms with van der Waals surface area (Å²) in [5.74, 6) is -0.153. The summed E-state index contributed by atoms with van der Waals surface area (Å²) in [4.78, 5) is 0. The van der Waals surface area contributed by atoms with E-state index in [9.17, 15) is 20.4 Å². The summed E-state index contributed by atoms with van der Waals surface area (Å²) in [5.41, 5.74) is 0.633. The number of nitrogens with zero attached hydrogens (tertiary/aromatic N) is 2. The van der Waals surface area contributed by atoms with Gasteiger partial charge in [0.2, 0.25) is 11.8 Å². The molecular formula is C13H16N2O6. The van der Waals surface area contributed by atoms with E-state index in [0.29, 0.717) is 5.56 Å². The van der Waals surface area contributed by atoms with Gasteiger partial charge in [0, 0.05) is 5.56 Å². The van der Waals surface area contributed by atoms with Crippen molar-refractivity contribution in [2.75, 3.05) is 6.61 Å². The quantitative estimate of drug-likeness (QED) is 0.450. The van der Waals surface area contributed by atoms with Crippen molar-refractivity contribution in [3.8, 4) is 11.5 Å². The van der Waals surface area contributed by atoms with Gasteiger partial charge in [-0.25, -0.2) is 0 Å². The summed E-state index contributed by atoms with van der Waals surface area (Å²) in [6.45, 7) is -0.760. The van der Waals surface area contributed by atoms with Gasteiger partial charge in [-0.15, -0.1) is 10.2 Å². The molecule has 0 saturated heterocycles. The third-order valence-electron chi connectivity index (χ3n) is 2.97. The van der Waals surface area contributed by atoms with Crippen LogP contribution in [0.2, 0.25) is 0 Å².